The van der Waals surface area contributed by atoms with E-state index in [1.165, 1.54) is 0 Å². The summed E-state index contributed by atoms with van der Waals surface area (Å²) in [5.74, 6) is 2.13. The van der Waals surface area contributed by atoms with Gasteiger partial charge in [-0.1, -0.05) is 11.6 Å². The molecule has 1 amide bonds. The van der Waals surface area contributed by atoms with E-state index >= 15 is 0 Å². The molecule has 126 valence electrons. The Morgan fingerprint density at radius 3 is 2.65 bits per heavy atom. The second-order valence-corrected chi connectivity index (χ2v) is 8.45. The Morgan fingerprint density at radius 1 is 1.30 bits per heavy atom. The molecular formula is C16H22ClN3O2S. The predicted molar refractivity (Wildman–Crippen MR) is 91.3 cm³/mol. The lowest BCUT2D eigenvalue weighted by molar-refractivity contribution is 0.0203. The van der Waals surface area contributed by atoms with E-state index in [9.17, 15) is 4.79 Å². The van der Waals surface area contributed by atoms with Crippen LogP contribution in [0.25, 0.3) is 0 Å². The van der Waals surface area contributed by atoms with Gasteiger partial charge < -0.3 is 9.64 Å². The summed E-state index contributed by atoms with van der Waals surface area (Å²) in [5.41, 5.74) is 0.627. The van der Waals surface area contributed by atoms with Crippen molar-refractivity contribution >= 4 is 29.5 Å². The molecule has 2 aliphatic rings. The number of thioether (sulfide) groups is 1. The number of halogens is 1. The van der Waals surface area contributed by atoms with Gasteiger partial charge in [0.1, 0.15) is 16.6 Å². The minimum atomic E-state index is -0.456. The molecular weight excluding hydrogens is 334 g/mol. The number of aryl methyl sites for hydroxylation is 1. The number of carbonyl (C=O) groups is 1. The topological polar surface area (TPSA) is 55.3 Å². The lowest BCUT2D eigenvalue weighted by Gasteiger charge is -2.33. The smallest absolute Gasteiger partial charge is 0.410 e. The Bertz CT molecular complexity index is 610. The number of nitrogens with zero attached hydrogens (tertiary/aromatic N) is 3. The molecule has 0 aromatic carbocycles. The van der Waals surface area contributed by atoms with Crippen molar-refractivity contribution in [2.75, 3.05) is 18.8 Å². The number of hydrogen-bond acceptors (Lipinski definition) is 5. The van der Waals surface area contributed by atoms with Crippen LogP contribution in [0.1, 0.15) is 51.0 Å². The zero-order chi connectivity index (χ0) is 16.6. The van der Waals surface area contributed by atoms with Crippen LogP contribution in [0.5, 0.6) is 0 Å². The van der Waals surface area contributed by atoms with Crippen molar-refractivity contribution in [2.45, 2.75) is 56.4 Å². The molecule has 3 heterocycles. The molecule has 0 atom stereocenters. The van der Waals surface area contributed by atoms with Gasteiger partial charge in [0.25, 0.3) is 0 Å². The van der Waals surface area contributed by atoms with E-state index in [0.717, 1.165) is 41.4 Å². The highest BCUT2D eigenvalue weighted by Gasteiger charge is 2.30. The van der Waals surface area contributed by atoms with Gasteiger partial charge in [-0.25, -0.2) is 14.8 Å². The maximum atomic E-state index is 12.1. The molecule has 3 rings (SSSR count). The first kappa shape index (κ1) is 16.8. The summed E-state index contributed by atoms with van der Waals surface area (Å²) < 4.78 is 5.43. The third kappa shape index (κ3) is 3.91. The molecule has 0 unspecified atom stereocenters. The lowest BCUT2D eigenvalue weighted by Crippen LogP contribution is -2.41. The highest BCUT2D eigenvalue weighted by Crippen LogP contribution is 2.37. The van der Waals surface area contributed by atoms with E-state index in [0.29, 0.717) is 18.2 Å². The molecule has 0 aliphatic carbocycles. The first-order chi connectivity index (χ1) is 10.8. The Balaban J connectivity index is 1.63. The van der Waals surface area contributed by atoms with Crippen molar-refractivity contribution in [3.05, 3.63) is 16.7 Å². The Kier molecular flexibility index (Phi) is 4.74. The standard InChI is InChI=1S/C16H22ClN3O2S/c1-16(2,3)22-15(21)20-7-4-10(5-8-20)14-18-11-6-9-23-12(11)13(17)19-14/h10H,4-9H2,1-3H3. The fourth-order valence-corrected chi connectivity index (χ4v) is 4.21. The zero-order valence-electron chi connectivity index (χ0n) is 13.8. The molecule has 1 aromatic heterocycles. The average Bonchev–Trinajstić information content (AvgIpc) is 2.94. The number of rotatable bonds is 1. The fraction of sp³-hybridized carbons (Fsp3) is 0.688. The number of aromatic nitrogens is 2. The molecule has 23 heavy (non-hydrogen) atoms. The van der Waals surface area contributed by atoms with Crippen molar-refractivity contribution in [1.82, 2.24) is 14.9 Å². The Labute approximate surface area is 146 Å². The van der Waals surface area contributed by atoms with Gasteiger partial charge in [0, 0.05) is 31.2 Å². The second-order valence-electron chi connectivity index (χ2n) is 6.99. The monoisotopic (exact) mass is 355 g/mol. The molecule has 5 nitrogen and oxygen atoms in total. The average molecular weight is 356 g/mol. The van der Waals surface area contributed by atoms with Crippen LogP contribution in [0.4, 0.5) is 4.79 Å². The van der Waals surface area contributed by atoms with Crippen LogP contribution in [0.2, 0.25) is 5.15 Å². The zero-order valence-corrected chi connectivity index (χ0v) is 15.3. The van der Waals surface area contributed by atoms with Crippen molar-refractivity contribution in [3.8, 4) is 0 Å². The molecule has 0 saturated carbocycles. The highest BCUT2D eigenvalue weighted by atomic mass is 35.5. The van der Waals surface area contributed by atoms with E-state index in [4.69, 9.17) is 21.3 Å². The van der Waals surface area contributed by atoms with Gasteiger partial charge in [0.2, 0.25) is 0 Å². The summed E-state index contributed by atoms with van der Waals surface area (Å²) >= 11 is 8.02. The van der Waals surface area contributed by atoms with Crippen molar-refractivity contribution in [3.63, 3.8) is 0 Å². The van der Waals surface area contributed by atoms with Gasteiger partial charge in [-0.3, -0.25) is 0 Å². The maximum absolute atomic E-state index is 12.1. The first-order valence-electron chi connectivity index (χ1n) is 8.00. The minimum absolute atomic E-state index is 0.236. The van der Waals surface area contributed by atoms with Gasteiger partial charge in [-0.2, -0.15) is 0 Å². The quantitative estimate of drug-likeness (QED) is 0.715. The third-order valence-corrected chi connectivity index (χ3v) is 5.52. The summed E-state index contributed by atoms with van der Waals surface area (Å²) in [4.78, 5) is 24.1. The SMILES string of the molecule is CC(C)(C)OC(=O)N1CCC(c2nc(Cl)c3c(n2)CCS3)CC1. The molecule has 1 fully saturated rings. The molecule has 1 saturated heterocycles. The van der Waals surface area contributed by atoms with E-state index in [1.807, 2.05) is 20.8 Å². The molecule has 0 N–H and O–H groups in total. The molecule has 0 spiro atoms. The van der Waals surface area contributed by atoms with Crippen molar-refractivity contribution in [1.29, 1.82) is 0 Å². The van der Waals surface area contributed by atoms with Crippen LogP contribution in [-0.4, -0.2) is 45.4 Å². The number of likely N-dealkylation sites (tertiary alicyclic amines) is 1. The number of hydrogen-bond donors (Lipinski definition) is 0. The third-order valence-electron chi connectivity index (χ3n) is 4.01. The summed E-state index contributed by atoms with van der Waals surface area (Å²) in [6.07, 6.45) is 2.43. The first-order valence-corrected chi connectivity index (χ1v) is 9.37. The lowest BCUT2D eigenvalue weighted by atomic mass is 9.96. The molecule has 1 aromatic rings. The van der Waals surface area contributed by atoms with Gasteiger partial charge in [-0.05, 0) is 33.6 Å². The van der Waals surface area contributed by atoms with E-state index < -0.39 is 5.60 Å². The van der Waals surface area contributed by atoms with E-state index in [2.05, 4.69) is 4.98 Å². The van der Waals surface area contributed by atoms with E-state index in [-0.39, 0.29) is 12.0 Å². The van der Waals surface area contributed by atoms with E-state index in [1.54, 1.807) is 16.7 Å². The van der Waals surface area contributed by atoms with Gasteiger partial charge in [0.15, 0.2) is 0 Å². The van der Waals surface area contributed by atoms with Crippen molar-refractivity contribution in [2.24, 2.45) is 0 Å². The number of fused-ring (bicyclic) bond motifs is 1. The van der Waals surface area contributed by atoms with Crippen LogP contribution in [-0.2, 0) is 11.2 Å². The van der Waals surface area contributed by atoms with Gasteiger partial charge in [-0.15, -0.1) is 11.8 Å². The summed E-state index contributed by atoms with van der Waals surface area (Å²) in [6.45, 7) is 7.00. The van der Waals surface area contributed by atoms with Gasteiger partial charge in [0.05, 0.1) is 10.6 Å². The Morgan fingerprint density at radius 2 is 2.00 bits per heavy atom. The normalized spacial score (nSPS) is 18.9. The number of amides is 1. The van der Waals surface area contributed by atoms with Crippen molar-refractivity contribution < 1.29 is 9.53 Å². The predicted octanol–water partition coefficient (Wildman–Crippen LogP) is 3.89. The number of ether oxygens (including phenoxy) is 1. The van der Waals surface area contributed by atoms with Gasteiger partial charge >= 0.3 is 6.09 Å². The Hall–Kier alpha value is -1.01. The van der Waals surface area contributed by atoms with Crippen LogP contribution < -0.4 is 0 Å². The summed E-state index contributed by atoms with van der Waals surface area (Å²) in [6, 6.07) is 0. The molecule has 0 bridgehead atoms. The van der Waals surface area contributed by atoms with Crippen LogP contribution >= 0.6 is 23.4 Å². The fourth-order valence-electron chi connectivity index (χ4n) is 2.88. The summed E-state index contributed by atoms with van der Waals surface area (Å²) in [7, 11) is 0. The van der Waals surface area contributed by atoms with Crippen LogP contribution in [0.15, 0.2) is 4.90 Å². The molecule has 2 aliphatic heterocycles. The van der Waals surface area contributed by atoms with Crippen LogP contribution in [0.3, 0.4) is 0 Å². The largest absolute Gasteiger partial charge is 0.444 e. The number of piperidine rings is 1. The van der Waals surface area contributed by atoms with Crippen LogP contribution in [0, 0.1) is 0 Å². The second kappa shape index (κ2) is 6.48. The summed E-state index contributed by atoms with van der Waals surface area (Å²) in [5, 5.41) is 0.585. The maximum Gasteiger partial charge on any atom is 0.410 e. The molecule has 7 heteroatoms. The highest BCUT2D eigenvalue weighted by molar-refractivity contribution is 7.99. The minimum Gasteiger partial charge on any atom is -0.444 e. The molecule has 0 radical (unpaired) electrons. The number of carbonyl (C=O) groups excluding carboxylic acids is 1.